The van der Waals surface area contributed by atoms with Crippen LogP contribution >= 0.6 is 0 Å². The van der Waals surface area contributed by atoms with Crippen LogP contribution in [0.3, 0.4) is 0 Å². The van der Waals surface area contributed by atoms with E-state index in [1.54, 1.807) is 6.08 Å². The molecule has 0 aromatic rings. The van der Waals surface area contributed by atoms with Crippen molar-refractivity contribution >= 4 is 5.91 Å². The Morgan fingerprint density at radius 3 is 1.37 bits per heavy atom. The number of carbonyl (C=O) groups is 1. The smallest absolute Gasteiger partial charge is 0.220 e. The summed E-state index contributed by atoms with van der Waals surface area (Å²) in [5, 5.41) is 22.9. The summed E-state index contributed by atoms with van der Waals surface area (Å²) in [6.07, 6.45) is 62.1. The van der Waals surface area contributed by atoms with Crippen molar-refractivity contribution in [3.05, 3.63) is 97.2 Å². The van der Waals surface area contributed by atoms with Crippen molar-refractivity contribution in [1.29, 1.82) is 0 Å². The third-order valence-corrected chi connectivity index (χ3v) is 8.78. The van der Waals surface area contributed by atoms with Gasteiger partial charge in [-0.15, -0.1) is 0 Å². The molecule has 0 heterocycles. The lowest BCUT2D eigenvalue weighted by atomic mass is 10.1. The second-order valence-electron chi connectivity index (χ2n) is 13.7. The van der Waals surface area contributed by atoms with Gasteiger partial charge in [-0.1, -0.05) is 175 Å². The van der Waals surface area contributed by atoms with Gasteiger partial charge in [0.25, 0.3) is 0 Å². The Balaban J connectivity index is 3.76. The fourth-order valence-corrected chi connectivity index (χ4v) is 5.59. The number of allylic oxidation sites excluding steroid dienone is 15. The van der Waals surface area contributed by atoms with Gasteiger partial charge in [0.05, 0.1) is 18.8 Å². The lowest BCUT2D eigenvalue weighted by Gasteiger charge is -2.19. The van der Waals surface area contributed by atoms with Crippen molar-refractivity contribution in [1.82, 2.24) is 5.32 Å². The van der Waals surface area contributed by atoms with Crippen molar-refractivity contribution in [2.75, 3.05) is 6.61 Å². The van der Waals surface area contributed by atoms with Crippen LogP contribution < -0.4 is 5.32 Å². The zero-order valence-corrected chi connectivity index (χ0v) is 33.1. The van der Waals surface area contributed by atoms with Crippen molar-refractivity contribution < 1.29 is 15.0 Å². The van der Waals surface area contributed by atoms with E-state index < -0.39 is 12.1 Å². The van der Waals surface area contributed by atoms with E-state index in [1.165, 1.54) is 70.6 Å². The van der Waals surface area contributed by atoms with Gasteiger partial charge in [0.2, 0.25) is 5.91 Å². The average molecular weight is 706 g/mol. The van der Waals surface area contributed by atoms with E-state index in [4.69, 9.17) is 0 Å². The van der Waals surface area contributed by atoms with Crippen molar-refractivity contribution in [3.63, 3.8) is 0 Å². The van der Waals surface area contributed by atoms with Crippen LogP contribution in [-0.4, -0.2) is 34.9 Å². The summed E-state index contributed by atoms with van der Waals surface area (Å²) >= 11 is 0. The first-order valence-electron chi connectivity index (χ1n) is 21.0. The third-order valence-electron chi connectivity index (χ3n) is 8.78. The molecule has 0 radical (unpaired) electrons. The minimum absolute atomic E-state index is 0.102. The molecule has 0 saturated heterocycles. The SMILES string of the molecule is CC/C=C\C/C=C\C/C=C\C/C=C\C/C=C\CCCCCCCC(=O)NC(CO)C(O)/C=C/CC/C=C/CC/C=C/CCCCCCCCCC. The summed E-state index contributed by atoms with van der Waals surface area (Å²) in [4.78, 5) is 12.4. The van der Waals surface area contributed by atoms with Crippen LogP contribution in [0.5, 0.6) is 0 Å². The van der Waals surface area contributed by atoms with Crippen LogP contribution in [0.25, 0.3) is 0 Å². The molecule has 0 aromatic carbocycles. The topological polar surface area (TPSA) is 69.6 Å². The Morgan fingerprint density at radius 2 is 0.882 bits per heavy atom. The number of aliphatic hydroxyl groups is 2. The van der Waals surface area contributed by atoms with Gasteiger partial charge in [-0.2, -0.15) is 0 Å². The molecule has 0 aromatic heterocycles. The summed E-state index contributed by atoms with van der Waals surface area (Å²) in [7, 11) is 0. The zero-order valence-electron chi connectivity index (χ0n) is 33.1. The predicted octanol–water partition coefficient (Wildman–Crippen LogP) is 13.1. The molecular weight excluding hydrogens is 627 g/mol. The van der Waals surface area contributed by atoms with E-state index in [2.05, 4.69) is 104 Å². The molecule has 0 spiro atoms. The van der Waals surface area contributed by atoms with Crippen LogP contribution in [0.1, 0.15) is 174 Å². The molecule has 290 valence electrons. The summed E-state index contributed by atoms with van der Waals surface area (Å²) < 4.78 is 0. The van der Waals surface area contributed by atoms with Gasteiger partial charge < -0.3 is 15.5 Å². The van der Waals surface area contributed by atoms with E-state index in [0.29, 0.717) is 6.42 Å². The fraction of sp³-hybridized carbons (Fsp3) is 0.638. The monoisotopic (exact) mass is 706 g/mol. The number of aliphatic hydroxyl groups excluding tert-OH is 2. The summed E-state index contributed by atoms with van der Waals surface area (Å²) in [6, 6.07) is -0.662. The number of carbonyl (C=O) groups excluding carboxylic acids is 1. The molecule has 4 heteroatoms. The Labute approximate surface area is 315 Å². The molecule has 51 heavy (non-hydrogen) atoms. The van der Waals surface area contributed by atoms with E-state index in [-0.39, 0.29) is 12.5 Å². The Hall–Kier alpha value is -2.69. The van der Waals surface area contributed by atoms with Gasteiger partial charge >= 0.3 is 0 Å². The zero-order chi connectivity index (χ0) is 37.1. The van der Waals surface area contributed by atoms with Gasteiger partial charge in [-0.05, 0) is 89.9 Å². The largest absolute Gasteiger partial charge is 0.394 e. The highest BCUT2D eigenvalue weighted by atomic mass is 16.3. The van der Waals surface area contributed by atoms with E-state index in [1.807, 2.05) is 6.08 Å². The Kier molecular flexibility index (Phi) is 39.5. The molecule has 0 aliphatic carbocycles. The normalized spacial score (nSPS) is 14.0. The molecule has 2 atom stereocenters. The molecule has 4 nitrogen and oxygen atoms in total. The molecule has 0 fully saturated rings. The fourth-order valence-electron chi connectivity index (χ4n) is 5.59. The maximum atomic E-state index is 12.4. The first-order chi connectivity index (χ1) is 25.2. The molecule has 2 unspecified atom stereocenters. The van der Waals surface area contributed by atoms with Gasteiger partial charge in [-0.3, -0.25) is 4.79 Å². The van der Waals surface area contributed by atoms with Crippen LogP contribution in [0.15, 0.2) is 97.2 Å². The van der Waals surface area contributed by atoms with Crippen molar-refractivity contribution in [3.8, 4) is 0 Å². The lowest BCUT2D eigenvalue weighted by molar-refractivity contribution is -0.123. The van der Waals surface area contributed by atoms with Crippen LogP contribution in [-0.2, 0) is 4.79 Å². The molecule has 1 amide bonds. The van der Waals surface area contributed by atoms with E-state index >= 15 is 0 Å². The summed E-state index contributed by atoms with van der Waals surface area (Å²) in [6.45, 7) is 4.15. The van der Waals surface area contributed by atoms with Gasteiger partial charge in [-0.25, -0.2) is 0 Å². The highest BCUT2D eigenvalue weighted by molar-refractivity contribution is 5.76. The average Bonchev–Trinajstić information content (AvgIpc) is 3.13. The second-order valence-corrected chi connectivity index (χ2v) is 13.7. The highest BCUT2D eigenvalue weighted by Gasteiger charge is 2.17. The third kappa shape index (κ3) is 38.4. The molecule has 0 bridgehead atoms. The molecular formula is C47H79NO3. The molecule has 0 rings (SSSR count). The van der Waals surface area contributed by atoms with E-state index in [0.717, 1.165) is 83.5 Å². The molecule has 0 aliphatic heterocycles. The standard InChI is InChI=1S/C47H79NO3/c1-3-5-7-9-11-13-15-17-19-21-23-24-25-27-29-31-33-35-37-39-41-43-47(51)48-45(44-49)46(50)42-40-38-36-34-32-30-28-26-22-20-18-16-14-12-10-8-6-4-2/h5,7,11,13,17,19,22-24,26-27,29,32,34,40,42,45-46,49-50H,3-4,6,8-10,12,14-16,18,20-21,25,28,30-31,33,35-39,41,43-44H2,1-2H3,(H,48,51)/b7-5-,13-11-,19-17-,24-23-,26-22+,29-27-,34-32+,42-40+. The van der Waals surface area contributed by atoms with Crippen molar-refractivity contribution in [2.45, 2.75) is 187 Å². The van der Waals surface area contributed by atoms with E-state index in [9.17, 15) is 15.0 Å². The highest BCUT2D eigenvalue weighted by Crippen LogP contribution is 2.11. The predicted molar refractivity (Wildman–Crippen MR) is 225 cm³/mol. The second kappa shape index (κ2) is 41.7. The van der Waals surface area contributed by atoms with Crippen LogP contribution in [0.2, 0.25) is 0 Å². The minimum atomic E-state index is -0.884. The van der Waals surface area contributed by atoms with Gasteiger partial charge in [0.1, 0.15) is 0 Å². The molecule has 0 saturated carbocycles. The molecule has 0 aliphatic rings. The maximum Gasteiger partial charge on any atom is 0.220 e. The number of amides is 1. The Bertz CT molecular complexity index is 983. The number of nitrogens with one attached hydrogen (secondary N) is 1. The van der Waals surface area contributed by atoms with Crippen molar-refractivity contribution in [2.24, 2.45) is 0 Å². The summed E-state index contributed by atoms with van der Waals surface area (Å²) in [5.41, 5.74) is 0. The van der Waals surface area contributed by atoms with Gasteiger partial charge in [0, 0.05) is 6.42 Å². The Morgan fingerprint density at radius 1 is 0.490 bits per heavy atom. The number of hydrogen-bond acceptors (Lipinski definition) is 3. The van der Waals surface area contributed by atoms with Crippen LogP contribution in [0.4, 0.5) is 0 Å². The summed E-state index contributed by atoms with van der Waals surface area (Å²) in [5.74, 6) is -0.102. The van der Waals surface area contributed by atoms with Gasteiger partial charge in [0.15, 0.2) is 0 Å². The van der Waals surface area contributed by atoms with Crippen LogP contribution in [0, 0.1) is 0 Å². The quantitative estimate of drug-likeness (QED) is 0.0449. The number of hydrogen-bond donors (Lipinski definition) is 3. The lowest BCUT2D eigenvalue weighted by Crippen LogP contribution is -2.45. The minimum Gasteiger partial charge on any atom is -0.394 e. The molecule has 3 N–H and O–H groups in total. The number of unbranched alkanes of at least 4 members (excludes halogenated alkanes) is 15. The number of rotatable bonds is 36. The maximum absolute atomic E-state index is 12.4. The first-order valence-corrected chi connectivity index (χ1v) is 21.0. The first kappa shape index (κ1) is 48.3.